The topological polar surface area (TPSA) is 46.2 Å². The van der Waals surface area contributed by atoms with Crippen molar-refractivity contribution in [3.63, 3.8) is 0 Å². The van der Waals surface area contributed by atoms with Crippen molar-refractivity contribution in [2.24, 2.45) is 5.92 Å². The second-order valence-corrected chi connectivity index (χ2v) is 7.37. The van der Waals surface area contributed by atoms with Crippen LogP contribution in [0.3, 0.4) is 0 Å². The lowest BCUT2D eigenvalue weighted by Gasteiger charge is -2.16. The van der Waals surface area contributed by atoms with Crippen molar-refractivity contribution in [2.45, 2.75) is 38.1 Å². The van der Waals surface area contributed by atoms with E-state index in [2.05, 4.69) is 18.6 Å². The minimum Gasteiger partial charge on any atom is -0.208 e. The van der Waals surface area contributed by atoms with Gasteiger partial charge in [-0.1, -0.05) is 44.2 Å². The van der Waals surface area contributed by atoms with Crippen molar-refractivity contribution in [3.05, 3.63) is 42.5 Å². The Bertz CT molecular complexity index is 692. The molecule has 0 aliphatic rings. The van der Waals surface area contributed by atoms with Crippen molar-refractivity contribution >= 4 is 20.8 Å². The van der Waals surface area contributed by atoms with Crippen LogP contribution in [0.1, 0.15) is 27.2 Å². The van der Waals surface area contributed by atoms with Crippen LogP contribution in [0.2, 0.25) is 0 Å². The van der Waals surface area contributed by atoms with E-state index in [4.69, 9.17) is 0 Å². The third kappa shape index (κ3) is 3.58. The molecule has 108 valence electrons. The van der Waals surface area contributed by atoms with Crippen LogP contribution in [-0.2, 0) is 10.0 Å². The molecule has 20 heavy (non-hydrogen) atoms. The Kier molecular flexibility index (Phi) is 4.45. The van der Waals surface area contributed by atoms with Gasteiger partial charge >= 0.3 is 0 Å². The van der Waals surface area contributed by atoms with Gasteiger partial charge in [-0.2, -0.15) is 0 Å². The van der Waals surface area contributed by atoms with Gasteiger partial charge in [0.1, 0.15) is 0 Å². The average molecular weight is 291 g/mol. The predicted octanol–water partition coefficient (Wildman–Crippen LogP) is 3.55. The molecule has 3 nitrogen and oxygen atoms in total. The highest BCUT2D eigenvalue weighted by atomic mass is 32.2. The third-order valence-corrected chi connectivity index (χ3v) is 4.80. The van der Waals surface area contributed by atoms with Gasteiger partial charge in [0.05, 0.1) is 4.90 Å². The van der Waals surface area contributed by atoms with Crippen LogP contribution in [0.15, 0.2) is 47.4 Å². The van der Waals surface area contributed by atoms with Gasteiger partial charge in [-0.05, 0) is 42.2 Å². The molecule has 0 fully saturated rings. The van der Waals surface area contributed by atoms with E-state index in [9.17, 15) is 8.42 Å². The van der Waals surface area contributed by atoms with E-state index in [1.807, 2.05) is 37.3 Å². The maximum Gasteiger partial charge on any atom is 0.240 e. The van der Waals surface area contributed by atoms with E-state index < -0.39 is 10.0 Å². The maximum absolute atomic E-state index is 12.4. The maximum atomic E-state index is 12.4. The Balaban J connectivity index is 2.27. The van der Waals surface area contributed by atoms with Crippen molar-refractivity contribution in [1.29, 1.82) is 0 Å². The van der Waals surface area contributed by atoms with Gasteiger partial charge < -0.3 is 0 Å². The van der Waals surface area contributed by atoms with E-state index in [0.717, 1.165) is 17.2 Å². The molecule has 0 saturated carbocycles. The normalized spacial score (nSPS) is 13.8. The van der Waals surface area contributed by atoms with E-state index in [0.29, 0.717) is 10.8 Å². The van der Waals surface area contributed by atoms with E-state index >= 15 is 0 Å². The number of fused-ring (bicyclic) bond motifs is 1. The van der Waals surface area contributed by atoms with Crippen molar-refractivity contribution in [3.8, 4) is 0 Å². The zero-order valence-electron chi connectivity index (χ0n) is 12.1. The Morgan fingerprint density at radius 3 is 2.30 bits per heavy atom. The van der Waals surface area contributed by atoms with Gasteiger partial charge in [-0.3, -0.25) is 0 Å². The Hall–Kier alpha value is -1.39. The molecule has 0 amide bonds. The second-order valence-electron chi connectivity index (χ2n) is 5.66. The highest BCUT2D eigenvalue weighted by molar-refractivity contribution is 7.89. The summed E-state index contributed by atoms with van der Waals surface area (Å²) in [5.74, 6) is 0.462. The van der Waals surface area contributed by atoms with Crippen LogP contribution in [0.25, 0.3) is 10.8 Å². The second kappa shape index (κ2) is 5.94. The summed E-state index contributed by atoms with van der Waals surface area (Å²) < 4.78 is 27.5. The van der Waals surface area contributed by atoms with E-state index in [-0.39, 0.29) is 6.04 Å². The number of hydrogen-bond donors (Lipinski definition) is 1. The number of hydrogen-bond acceptors (Lipinski definition) is 2. The van der Waals surface area contributed by atoms with Crippen LogP contribution in [-0.4, -0.2) is 14.5 Å². The summed E-state index contributed by atoms with van der Waals surface area (Å²) in [5, 5.41) is 1.98. The number of sulfonamides is 1. The Morgan fingerprint density at radius 2 is 1.65 bits per heavy atom. The molecule has 0 heterocycles. The summed E-state index contributed by atoms with van der Waals surface area (Å²) in [4.78, 5) is 0.326. The fraction of sp³-hybridized carbons (Fsp3) is 0.375. The Labute approximate surface area is 121 Å². The van der Waals surface area contributed by atoms with Gasteiger partial charge in [0, 0.05) is 6.04 Å². The third-order valence-electron chi connectivity index (χ3n) is 3.21. The molecule has 2 aromatic carbocycles. The Morgan fingerprint density at radius 1 is 1.00 bits per heavy atom. The van der Waals surface area contributed by atoms with Crippen LogP contribution >= 0.6 is 0 Å². The molecule has 2 aromatic rings. The molecule has 0 unspecified atom stereocenters. The van der Waals surface area contributed by atoms with E-state index in [1.54, 1.807) is 12.1 Å². The predicted molar refractivity (Wildman–Crippen MR) is 83.2 cm³/mol. The summed E-state index contributed by atoms with van der Waals surface area (Å²) >= 11 is 0. The lowest BCUT2D eigenvalue weighted by atomic mass is 10.1. The molecule has 0 aromatic heterocycles. The number of benzene rings is 2. The molecular formula is C16H21NO2S. The molecule has 0 spiro atoms. The quantitative estimate of drug-likeness (QED) is 0.915. The standard InChI is InChI=1S/C16H21NO2S/c1-12(2)10-13(3)17-20(18,19)16-9-8-14-6-4-5-7-15(14)11-16/h4-9,11-13,17H,10H2,1-3H3/t13-/m1/s1. The van der Waals surface area contributed by atoms with Crippen LogP contribution < -0.4 is 4.72 Å². The minimum atomic E-state index is -3.45. The molecule has 0 aliphatic heterocycles. The SMILES string of the molecule is CC(C)C[C@@H](C)NS(=O)(=O)c1ccc2ccccc2c1. The summed E-state index contributed by atoms with van der Waals surface area (Å²) in [5.41, 5.74) is 0. The highest BCUT2D eigenvalue weighted by Crippen LogP contribution is 2.19. The van der Waals surface area contributed by atoms with Gasteiger partial charge in [0.2, 0.25) is 10.0 Å². The van der Waals surface area contributed by atoms with Gasteiger partial charge in [-0.15, -0.1) is 0 Å². The molecule has 0 saturated heterocycles. The molecule has 1 atom stereocenters. The van der Waals surface area contributed by atoms with Crippen molar-refractivity contribution in [2.75, 3.05) is 0 Å². The van der Waals surface area contributed by atoms with Crippen LogP contribution in [0, 0.1) is 5.92 Å². The first-order chi connectivity index (χ1) is 9.38. The molecule has 2 rings (SSSR count). The number of nitrogens with one attached hydrogen (secondary N) is 1. The van der Waals surface area contributed by atoms with Gasteiger partial charge in [-0.25, -0.2) is 13.1 Å². The molecular weight excluding hydrogens is 270 g/mol. The molecule has 4 heteroatoms. The monoisotopic (exact) mass is 291 g/mol. The van der Waals surface area contributed by atoms with Crippen molar-refractivity contribution in [1.82, 2.24) is 4.72 Å². The largest absolute Gasteiger partial charge is 0.240 e. The lowest BCUT2D eigenvalue weighted by Crippen LogP contribution is -2.33. The smallest absolute Gasteiger partial charge is 0.208 e. The molecule has 0 aliphatic carbocycles. The zero-order valence-corrected chi connectivity index (χ0v) is 12.9. The van der Waals surface area contributed by atoms with Crippen LogP contribution in [0.5, 0.6) is 0 Å². The lowest BCUT2D eigenvalue weighted by molar-refractivity contribution is 0.482. The molecule has 0 bridgehead atoms. The minimum absolute atomic E-state index is 0.0635. The average Bonchev–Trinajstić information content (AvgIpc) is 2.36. The summed E-state index contributed by atoms with van der Waals surface area (Å²) in [7, 11) is -3.45. The molecule has 0 radical (unpaired) electrons. The summed E-state index contributed by atoms with van der Waals surface area (Å²) in [6.45, 7) is 6.07. The first-order valence-electron chi connectivity index (χ1n) is 6.89. The fourth-order valence-corrected chi connectivity index (χ4v) is 3.71. The first-order valence-corrected chi connectivity index (χ1v) is 8.38. The fourth-order valence-electron chi connectivity index (χ4n) is 2.42. The number of rotatable bonds is 5. The zero-order chi connectivity index (χ0) is 14.8. The van der Waals surface area contributed by atoms with Crippen molar-refractivity contribution < 1.29 is 8.42 Å². The summed E-state index contributed by atoms with van der Waals surface area (Å²) in [6, 6.07) is 12.9. The van der Waals surface area contributed by atoms with Gasteiger partial charge in [0.15, 0.2) is 0 Å². The van der Waals surface area contributed by atoms with E-state index in [1.165, 1.54) is 0 Å². The first kappa shape index (κ1) is 15.0. The van der Waals surface area contributed by atoms with Crippen LogP contribution in [0.4, 0.5) is 0 Å². The highest BCUT2D eigenvalue weighted by Gasteiger charge is 2.18. The molecule has 1 N–H and O–H groups in total. The summed E-state index contributed by atoms with van der Waals surface area (Å²) in [6.07, 6.45) is 0.826. The van der Waals surface area contributed by atoms with Gasteiger partial charge in [0.25, 0.3) is 0 Å².